The molecule has 3 rings (SSSR count). The van der Waals surface area contributed by atoms with Gasteiger partial charge in [0.25, 0.3) is 0 Å². The molecule has 0 amide bonds. The van der Waals surface area contributed by atoms with E-state index in [-0.39, 0.29) is 0 Å². The Bertz CT molecular complexity index is 653. The number of fused-ring (bicyclic) bond motifs is 1. The minimum absolute atomic E-state index is 0.439. The highest BCUT2D eigenvalue weighted by atomic mass is 35.5. The fourth-order valence-corrected chi connectivity index (χ4v) is 2.49. The molecule has 0 spiro atoms. The Morgan fingerprint density at radius 1 is 1.12 bits per heavy atom. The molecule has 1 aromatic carbocycles. The Balaban J connectivity index is 1.99. The summed E-state index contributed by atoms with van der Waals surface area (Å²) in [6, 6.07) is 9.83. The van der Waals surface area contributed by atoms with Gasteiger partial charge in [-0.1, -0.05) is 41.1 Å². The molecule has 0 fully saturated rings. The predicted octanol–water partition coefficient (Wildman–Crippen LogP) is 3.48. The maximum Gasteiger partial charge on any atom is 0.189 e. The molecule has 2 heterocycles. The van der Waals surface area contributed by atoms with E-state index in [0.29, 0.717) is 10.8 Å². The van der Waals surface area contributed by atoms with Crippen LogP contribution in [0.5, 0.6) is 0 Å². The van der Waals surface area contributed by atoms with E-state index in [1.807, 2.05) is 30.3 Å². The van der Waals surface area contributed by atoms with Crippen LogP contribution in [-0.4, -0.2) is 15.0 Å². The van der Waals surface area contributed by atoms with Crippen molar-refractivity contribution < 1.29 is 0 Å². The van der Waals surface area contributed by atoms with E-state index < -0.39 is 0 Å². The summed E-state index contributed by atoms with van der Waals surface area (Å²) in [5.74, 6) is 0. The topological polar surface area (TPSA) is 50.7 Å². The molecule has 0 saturated heterocycles. The second-order valence-electron chi connectivity index (χ2n) is 3.33. The van der Waals surface area contributed by atoms with Gasteiger partial charge in [0.2, 0.25) is 0 Å². The molecule has 17 heavy (non-hydrogen) atoms. The van der Waals surface area contributed by atoms with Crippen LogP contribution in [0.15, 0.2) is 36.7 Å². The third-order valence-corrected chi connectivity index (χ3v) is 3.54. The van der Waals surface area contributed by atoms with Gasteiger partial charge in [-0.15, -0.1) is 0 Å². The van der Waals surface area contributed by atoms with Gasteiger partial charge in [0.1, 0.15) is 11.0 Å². The van der Waals surface area contributed by atoms with Gasteiger partial charge in [0.15, 0.2) is 15.9 Å². The summed E-state index contributed by atoms with van der Waals surface area (Å²) in [7, 11) is 0. The summed E-state index contributed by atoms with van der Waals surface area (Å²) in [6.07, 6.45) is 1.41. The minimum atomic E-state index is 0.439. The van der Waals surface area contributed by atoms with Crippen molar-refractivity contribution in [3.05, 3.63) is 41.8 Å². The highest BCUT2D eigenvalue weighted by Crippen LogP contribution is 2.30. The Labute approximate surface area is 106 Å². The first-order chi connectivity index (χ1) is 8.33. The standard InChI is InChI=1S/C11H7ClN4S/c12-9-8-10(14-6-13-9)16-11(17-8)15-7-4-2-1-3-5-7/h1-6H,(H,13,14,15,16). The summed E-state index contributed by atoms with van der Waals surface area (Å²) < 4.78 is 0.799. The molecule has 0 unspecified atom stereocenters. The smallest absolute Gasteiger partial charge is 0.189 e. The predicted molar refractivity (Wildman–Crippen MR) is 69.9 cm³/mol. The van der Waals surface area contributed by atoms with Gasteiger partial charge >= 0.3 is 0 Å². The first kappa shape index (κ1) is 10.4. The first-order valence-corrected chi connectivity index (χ1v) is 6.11. The monoisotopic (exact) mass is 262 g/mol. The number of halogens is 1. The molecule has 0 atom stereocenters. The molecule has 0 saturated carbocycles. The van der Waals surface area contributed by atoms with E-state index in [4.69, 9.17) is 11.6 Å². The second kappa shape index (κ2) is 4.27. The fraction of sp³-hybridized carbons (Fsp3) is 0. The van der Waals surface area contributed by atoms with Gasteiger partial charge in [-0.25, -0.2) is 9.97 Å². The van der Waals surface area contributed by atoms with Crippen LogP contribution in [0.25, 0.3) is 10.3 Å². The fourth-order valence-electron chi connectivity index (χ4n) is 1.43. The average Bonchev–Trinajstić information content (AvgIpc) is 2.74. The lowest BCUT2D eigenvalue weighted by molar-refractivity contribution is 1.20. The van der Waals surface area contributed by atoms with Crippen molar-refractivity contribution in [1.82, 2.24) is 15.0 Å². The lowest BCUT2D eigenvalue weighted by Crippen LogP contribution is -1.88. The van der Waals surface area contributed by atoms with Gasteiger partial charge in [0.05, 0.1) is 0 Å². The Hall–Kier alpha value is -1.72. The molecule has 4 nitrogen and oxygen atoms in total. The minimum Gasteiger partial charge on any atom is -0.331 e. The summed E-state index contributed by atoms with van der Waals surface area (Å²) in [4.78, 5) is 12.3. The van der Waals surface area contributed by atoms with Crippen molar-refractivity contribution >= 4 is 44.1 Å². The Morgan fingerprint density at radius 3 is 2.71 bits per heavy atom. The van der Waals surface area contributed by atoms with Crippen molar-refractivity contribution in [2.24, 2.45) is 0 Å². The van der Waals surface area contributed by atoms with Crippen molar-refractivity contribution in [3.8, 4) is 0 Å². The number of benzene rings is 1. The van der Waals surface area contributed by atoms with E-state index >= 15 is 0 Å². The molecule has 0 aliphatic rings. The normalized spacial score (nSPS) is 10.6. The third-order valence-electron chi connectivity index (χ3n) is 2.17. The number of hydrogen-bond donors (Lipinski definition) is 1. The summed E-state index contributed by atoms with van der Waals surface area (Å²) >= 11 is 7.40. The lowest BCUT2D eigenvalue weighted by atomic mass is 10.3. The van der Waals surface area contributed by atoms with Crippen LogP contribution >= 0.6 is 22.9 Å². The van der Waals surface area contributed by atoms with E-state index in [2.05, 4.69) is 20.3 Å². The van der Waals surface area contributed by atoms with Gasteiger partial charge in [-0.3, -0.25) is 0 Å². The van der Waals surface area contributed by atoms with Gasteiger partial charge in [-0.2, -0.15) is 4.98 Å². The maximum absolute atomic E-state index is 5.96. The number of anilines is 2. The number of rotatable bonds is 2. The van der Waals surface area contributed by atoms with Crippen LogP contribution in [0.4, 0.5) is 10.8 Å². The number of aromatic nitrogens is 3. The van der Waals surface area contributed by atoms with Gasteiger partial charge in [-0.05, 0) is 12.1 Å². The Morgan fingerprint density at radius 2 is 1.94 bits per heavy atom. The van der Waals surface area contributed by atoms with Crippen molar-refractivity contribution in [2.75, 3.05) is 5.32 Å². The van der Waals surface area contributed by atoms with E-state index in [1.54, 1.807) is 0 Å². The van der Waals surface area contributed by atoms with Crippen molar-refractivity contribution in [3.63, 3.8) is 0 Å². The van der Waals surface area contributed by atoms with E-state index in [0.717, 1.165) is 15.5 Å². The molecule has 6 heteroatoms. The SMILES string of the molecule is Clc1ncnc2nc(Nc3ccccc3)sc12. The number of hydrogen-bond acceptors (Lipinski definition) is 5. The number of nitrogens with zero attached hydrogens (tertiary/aromatic N) is 3. The summed E-state index contributed by atoms with van der Waals surface area (Å²) in [6.45, 7) is 0. The Kier molecular flexibility index (Phi) is 2.62. The molecular weight excluding hydrogens is 256 g/mol. The molecule has 3 aromatic rings. The number of nitrogens with one attached hydrogen (secondary N) is 1. The van der Waals surface area contributed by atoms with Crippen LogP contribution in [0.2, 0.25) is 5.15 Å². The average molecular weight is 263 g/mol. The van der Waals surface area contributed by atoms with Crippen LogP contribution < -0.4 is 5.32 Å². The van der Waals surface area contributed by atoms with Crippen LogP contribution in [0.1, 0.15) is 0 Å². The largest absolute Gasteiger partial charge is 0.331 e. The molecule has 2 aromatic heterocycles. The zero-order valence-corrected chi connectivity index (χ0v) is 10.2. The third kappa shape index (κ3) is 2.07. The van der Waals surface area contributed by atoms with Gasteiger partial charge in [0, 0.05) is 5.69 Å². The molecule has 84 valence electrons. The van der Waals surface area contributed by atoms with Crippen LogP contribution in [0, 0.1) is 0 Å². The van der Waals surface area contributed by atoms with Crippen LogP contribution in [-0.2, 0) is 0 Å². The summed E-state index contributed by atoms with van der Waals surface area (Å²) in [5, 5.41) is 4.40. The molecule has 0 aliphatic carbocycles. The second-order valence-corrected chi connectivity index (χ2v) is 4.68. The van der Waals surface area contributed by atoms with Gasteiger partial charge < -0.3 is 5.32 Å². The van der Waals surface area contributed by atoms with Crippen molar-refractivity contribution in [1.29, 1.82) is 0 Å². The lowest BCUT2D eigenvalue weighted by Gasteiger charge is -1.99. The zero-order valence-electron chi connectivity index (χ0n) is 8.59. The van der Waals surface area contributed by atoms with E-state index in [9.17, 15) is 0 Å². The number of thiazole rings is 1. The molecular formula is C11H7ClN4S. The molecule has 0 bridgehead atoms. The maximum atomic E-state index is 5.96. The van der Waals surface area contributed by atoms with Crippen molar-refractivity contribution in [2.45, 2.75) is 0 Å². The highest BCUT2D eigenvalue weighted by molar-refractivity contribution is 7.22. The molecule has 0 radical (unpaired) electrons. The number of para-hydroxylation sites is 1. The quantitative estimate of drug-likeness (QED) is 0.719. The molecule has 1 N–H and O–H groups in total. The van der Waals surface area contributed by atoms with E-state index in [1.165, 1.54) is 17.7 Å². The highest BCUT2D eigenvalue weighted by Gasteiger charge is 2.08. The first-order valence-electron chi connectivity index (χ1n) is 4.92. The van der Waals surface area contributed by atoms with Crippen LogP contribution in [0.3, 0.4) is 0 Å². The molecule has 0 aliphatic heterocycles. The summed E-state index contributed by atoms with van der Waals surface area (Å²) in [5.41, 5.74) is 1.60. The zero-order chi connectivity index (χ0) is 11.7.